The summed E-state index contributed by atoms with van der Waals surface area (Å²) in [6, 6.07) is 32.9. The number of fused-ring (bicyclic) bond motifs is 1. The maximum atomic E-state index is 14.0. The average Bonchev–Trinajstić information content (AvgIpc) is 3.16. The molecule has 5 rings (SSSR count). The number of para-hydroxylation sites is 1. The first-order chi connectivity index (χ1) is 16.4. The first-order valence-electron chi connectivity index (χ1n) is 11.2. The van der Waals surface area contributed by atoms with Gasteiger partial charge in [0.2, 0.25) is 0 Å². The Hall–Kier alpha value is -3.28. The third kappa shape index (κ3) is 4.17. The molecule has 0 aliphatic heterocycles. The van der Waals surface area contributed by atoms with Gasteiger partial charge in [0.1, 0.15) is 0 Å². The molecular weight excluding hydrogens is 458 g/mol. The molecule has 1 aromatic heterocycles. The van der Waals surface area contributed by atoms with Crippen molar-refractivity contribution in [3.63, 3.8) is 0 Å². The smallest absolute Gasteiger partial charge is 0.236 e. The van der Waals surface area contributed by atoms with Crippen LogP contribution in [0, 0.1) is 13.8 Å². The van der Waals surface area contributed by atoms with Gasteiger partial charge in [-0.05, 0) is 60.9 Å². The van der Waals surface area contributed by atoms with Gasteiger partial charge in [0.25, 0.3) is 10.0 Å². The van der Waals surface area contributed by atoms with Crippen LogP contribution in [-0.4, -0.2) is 12.4 Å². The highest BCUT2D eigenvalue weighted by Crippen LogP contribution is 2.41. The van der Waals surface area contributed by atoms with Gasteiger partial charge < -0.3 is 0 Å². The molecule has 0 amide bonds. The van der Waals surface area contributed by atoms with E-state index >= 15 is 0 Å². The number of benzene rings is 4. The van der Waals surface area contributed by atoms with Gasteiger partial charge >= 0.3 is 0 Å². The van der Waals surface area contributed by atoms with Crippen LogP contribution in [-0.2, 0) is 16.4 Å². The zero-order chi connectivity index (χ0) is 23.7. The fourth-order valence-corrected chi connectivity index (χ4v) is 6.91. The molecule has 0 N–H and O–H groups in total. The Labute approximate surface area is 205 Å². The Kier molecular flexibility index (Phi) is 6.07. The van der Waals surface area contributed by atoms with E-state index in [1.807, 2.05) is 48.5 Å². The topological polar surface area (TPSA) is 39.1 Å². The minimum Gasteiger partial charge on any atom is -0.236 e. The van der Waals surface area contributed by atoms with E-state index in [9.17, 15) is 8.42 Å². The summed E-state index contributed by atoms with van der Waals surface area (Å²) in [7, 11) is -3.80. The van der Waals surface area contributed by atoms with Crippen molar-refractivity contribution >= 4 is 32.7 Å². The lowest BCUT2D eigenvalue weighted by Gasteiger charge is -2.14. The Morgan fingerprint density at radius 3 is 2.09 bits per heavy atom. The van der Waals surface area contributed by atoms with Gasteiger partial charge in [-0.25, -0.2) is 12.4 Å². The lowest BCUT2D eigenvalue weighted by atomic mass is 10.0. The Morgan fingerprint density at radius 2 is 1.38 bits per heavy atom. The van der Waals surface area contributed by atoms with Crippen LogP contribution in [0.3, 0.4) is 0 Å². The van der Waals surface area contributed by atoms with E-state index in [4.69, 9.17) is 0 Å². The van der Waals surface area contributed by atoms with Gasteiger partial charge in [0.15, 0.2) is 0 Å². The third-order valence-corrected chi connectivity index (χ3v) is 9.00. The summed E-state index contributed by atoms with van der Waals surface area (Å²) in [5.74, 6) is 0. The Bertz CT molecular complexity index is 1570. The van der Waals surface area contributed by atoms with E-state index in [-0.39, 0.29) is 4.90 Å². The van der Waals surface area contributed by atoms with Crippen molar-refractivity contribution in [1.82, 2.24) is 3.97 Å². The second-order valence-corrected chi connectivity index (χ2v) is 11.3. The number of nitrogens with zero attached hydrogens (tertiary/aromatic N) is 1. The maximum absolute atomic E-state index is 14.0. The van der Waals surface area contributed by atoms with Crippen molar-refractivity contribution in [2.45, 2.75) is 35.0 Å². The van der Waals surface area contributed by atoms with Crippen molar-refractivity contribution in [3.05, 3.63) is 126 Å². The molecule has 1 heterocycles. The molecule has 0 saturated heterocycles. The molecule has 3 nitrogen and oxygen atoms in total. The van der Waals surface area contributed by atoms with Gasteiger partial charge in [0, 0.05) is 21.6 Å². The summed E-state index contributed by atoms with van der Waals surface area (Å²) in [6.07, 6.45) is 0.511. The zero-order valence-electron chi connectivity index (χ0n) is 19.1. The number of aromatic nitrogens is 1. The van der Waals surface area contributed by atoms with Gasteiger partial charge in [-0.3, -0.25) is 0 Å². The number of aryl methyl sites for hydroxylation is 2. The standard InChI is InChI=1S/C29H25NO2S2/c1-21-17-18-23(19-22(21)2)20-28-29(33-24-11-5-3-6-12-24)26-15-9-10-16-27(26)30(28)34(31,32)25-13-7-4-8-14-25/h3-19H,20H2,1-2H3. The second kappa shape index (κ2) is 9.16. The van der Waals surface area contributed by atoms with Crippen LogP contribution in [0.25, 0.3) is 10.9 Å². The third-order valence-electron chi connectivity index (χ3n) is 6.06. The molecule has 0 aliphatic carbocycles. The Morgan fingerprint density at radius 1 is 0.735 bits per heavy atom. The van der Waals surface area contributed by atoms with Crippen molar-refractivity contribution in [2.24, 2.45) is 0 Å². The summed E-state index contributed by atoms with van der Waals surface area (Å²) in [5, 5.41) is 0.940. The molecule has 0 unspecified atom stereocenters. The average molecular weight is 484 g/mol. The van der Waals surface area contributed by atoms with Crippen LogP contribution < -0.4 is 0 Å². The van der Waals surface area contributed by atoms with E-state index in [1.54, 1.807) is 40.0 Å². The van der Waals surface area contributed by atoms with Gasteiger partial charge in [-0.1, -0.05) is 84.6 Å². The predicted molar refractivity (Wildman–Crippen MR) is 140 cm³/mol. The van der Waals surface area contributed by atoms with Crippen LogP contribution in [0.5, 0.6) is 0 Å². The fourth-order valence-electron chi connectivity index (χ4n) is 4.19. The quantitative estimate of drug-likeness (QED) is 0.256. The normalized spacial score (nSPS) is 11.7. The van der Waals surface area contributed by atoms with Crippen LogP contribution >= 0.6 is 11.8 Å². The summed E-state index contributed by atoms with van der Waals surface area (Å²) in [4.78, 5) is 2.33. The highest BCUT2D eigenvalue weighted by atomic mass is 32.2. The van der Waals surface area contributed by atoms with E-state index in [2.05, 4.69) is 44.2 Å². The van der Waals surface area contributed by atoms with Gasteiger partial charge in [0.05, 0.1) is 16.1 Å². The zero-order valence-corrected chi connectivity index (χ0v) is 20.7. The van der Waals surface area contributed by atoms with Crippen molar-refractivity contribution in [2.75, 3.05) is 0 Å². The first-order valence-corrected chi connectivity index (χ1v) is 13.4. The molecule has 0 spiro atoms. The first kappa shape index (κ1) is 22.5. The molecule has 0 fully saturated rings. The van der Waals surface area contributed by atoms with Crippen LogP contribution in [0.15, 0.2) is 118 Å². The van der Waals surface area contributed by atoms with Gasteiger partial charge in [-0.15, -0.1) is 0 Å². The number of hydrogen-bond acceptors (Lipinski definition) is 3. The molecular formula is C29H25NO2S2. The molecule has 0 aliphatic rings. The summed E-state index contributed by atoms with van der Waals surface area (Å²) in [6.45, 7) is 4.18. The highest BCUT2D eigenvalue weighted by molar-refractivity contribution is 7.99. The summed E-state index contributed by atoms with van der Waals surface area (Å²) in [5.41, 5.74) is 4.99. The van der Waals surface area contributed by atoms with E-state index in [0.717, 1.165) is 26.4 Å². The second-order valence-electron chi connectivity index (χ2n) is 8.39. The minimum atomic E-state index is -3.80. The molecule has 5 aromatic rings. The highest BCUT2D eigenvalue weighted by Gasteiger charge is 2.27. The lowest BCUT2D eigenvalue weighted by Crippen LogP contribution is -2.16. The largest absolute Gasteiger partial charge is 0.268 e. The van der Waals surface area contributed by atoms with Crippen molar-refractivity contribution in [1.29, 1.82) is 0 Å². The van der Waals surface area contributed by atoms with Crippen LogP contribution in [0.1, 0.15) is 22.4 Å². The van der Waals surface area contributed by atoms with Crippen LogP contribution in [0.2, 0.25) is 0 Å². The van der Waals surface area contributed by atoms with E-state index in [1.165, 1.54) is 11.1 Å². The molecule has 170 valence electrons. The lowest BCUT2D eigenvalue weighted by molar-refractivity contribution is 0.587. The number of rotatable bonds is 6. The maximum Gasteiger partial charge on any atom is 0.268 e. The minimum absolute atomic E-state index is 0.286. The number of hydrogen-bond donors (Lipinski definition) is 0. The van der Waals surface area contributed by atoms with E-state index in [0.29, 0.717) is 11.9 Å². The van der Waals surface area contributed by atoms with Gasteiger partial charge in [-0.2, -0.15) is 0 Å². The van der Waals surface area contributed by atoms with E-state index < -0.39 is 10.0 Å². The predicted octanol–water partition coefficient (Wildman–Crippen LogP) is 7.24. The fraction of sp³-hybridized carbons (Fsp3) is 0.103. The molecule has 0 atom stereocenters. The summed E-state index contributed by atoms with van der Waals surface area (Å²) < 4.78 is 29.6. The molecule has 4 aromatic carbocycles. The van der Waals surface area contributed by atoms with Crippen LogP contribution in [0.4, 0.5) is 0 Å². The SMILES string of the molecule is Cc1ccc(Cc2c(Sc3ccccc3)c3ccccc3n2S(=O)(=O)c2ccccc2)cc1C. The summed E-state index contributed by atoms with van der Waals surface area (Å²) >= 11 is 1.62. The monoisotopic (exact) mass is 483 g/mol. The molecule has 5 heteroatoms. The Balaban J connectivity index is 1.79. The molecule has 0 saturated carbocycles. The molecule has 0 radical (unpaired) electrons. The van der Waals surface area contributed by atoms with Crippen molar-refractivity contribution < 1.29 is 8.42 Å². The molecule has 0 bridgehead atoms. The van der Waals surface area contributed by atoms with Crippen molar-refractivity contribution in [3.8, 4) is 0 Å². The molecule has 34 heavy (non-hydrogen) atoms.